The molecule has 2 rings (SSSR count). The Balaban J connectivity index is 2.39. The van der Waals surface area contributed by atoms with Crippen molar-refractivity contribution in [2.45, 2.75) is 12.5 Å². The van der Waals surface area contributed by atoms with E-state index in [1.165, 1.54) is 7.11 Å². The quantitative estimate of drug-likeness (QED) is 0.842. The number of hydrogen-bond donors (Lipinski definition) is 1. The summed E-state index contributed by atoms with van der Waals surface area (Å²) in [5.74, 6) is -0.195. The van der Waals surface area contributed by atoms with Crippen molar-refractivity contribution in [3.05, 3.63) is 36.0 Å². The predicted octanol–water partition coefficient (Wildman–Crippen LogP) is 2.33. The molecule has 4 heteroatoms. The summed E-state index contributed by atoms with van der Waals surface area (Å²) < 4.78 is 4.77. The molecule has 1 aromatic carbocycles. The van der Waals surface area contributed by atoms with Crippen LogP contribution in [0.5, 0.6) is 0 Å². The molecule has 0 saturated heterocycles. The first-order chi connectivity index (χ1) is 8.63. The Morgan fingerprint density at radius 2 is 2.11 bits per heavy atom. The molecule has 0 fully saturated rings. The zero-order valence-corrected chi connectivity index (χ0v) is 10.9. The molecule has 0 aliphatic heterocycles. The molecule has 96 valence electrons. The van der Waals surface area contributed by atoms with Crippen LogP contribution in [0.2, 0.25) is 0 Å². The third-order valence-corrected chi connectivity index (χ3v) is 3.19. The molecule has 0 amide bonds. The van der Waals surface area contributed by atoms with E-state index in [0.29, 0.717) is 6.42 Å². The van der Waals surface area contributed by atoms with Gasteiger partial charge in [-0.2, -0.15) is 0 Å². The second-order valence-corrected chi connectivity index (χ2v) is 4.55. The van der Waals surface area contributed by atoms with E-state index in [2.05, 4.69) is 11.1 Å². The summed E-state index contributed by atoms with van der Waals surface area (Å²) in [5, 5.41) is 1.15. The van der Waals surface area contributed by atoms with Gasteiger partial charge in [0.25, 0.3) is 0 Å². The molecule has 0 bridgehead atoms. The monoisotopic (exact) mass is 246 g/mol. The average Bonchev–Trinajstić information content (AvgIpc) is 2.79. The number of esters is 1. The number of ether oxygens (including phenoxy) is 1. The van der Waals surface area contributed by atoms with Crippen molar-refractivity contribution in [3.63, 3.8) is 0 Å². The highest BCUT2D eigenvalue weighted by atomic mass is 16.5. The first-order valence-corrected chi connectivity index (χ1v) is 5.92. The van der Waals surface area contributed by atoms with Gasteiger partial charge >= 0.3 is 5.97 Å². The predicted molar refractivity (Wildman–Crippen MR) is 71.4 cm³/mol. The molecule has 1 atom stereocenters. The molecular formula is C14H18N2O2. The maximum atomic E-state index is 11.5. The highest BCUT2D eigenvalue weighted by Crippen LogP contribution is 2.29. The maximum Gasteiger partial charge on any atom is 0.307 e. The lowest BCUT2D eigenvalue weighted by molar-refractivity contribution is -0.141. The van der Waals surface area contributed by atoms with Crippen LogP contribution in [0, 0.1) is 0 Å². The van der Waals surface area contributed by atoms with Crippen LogP contribution in [-0.2, 0) is 9.53 Å². The molecule has 0 aliphatic carbocycles. The van der Waals surface area contributed by atoms with Crippen LogP contribution < -0.4 is 0 Å². The Morgan fingerprint density at radius 3 is 2.78 bits per heavy atom. The highest BCUT2D eigenvalue weighted by Gasteiger charge is 2.21. The maximum absolute atomic E-state index is 11.5. The standard InChI is InChI=1S/C14H18N2O2/c1-16(2)13(8-14(17)18-3)11-9-15-12-7-5-4-6-10(11)12/h4-7,9,13,15H,8H2,1-3H3. The number of benzene rings is 1. The van der Waals surface area contributed by atoms with Gasteiger partial charge in [0.2, 0.25) is 0 Å². The molecule has 1 N–H and O–H groups in total. The second kappa shape index (κ2) is 5.23. The van der Waals surface area contributed by atoms with E-state index in [-0.39, 0.29) is 12.0 Å². The lowest BCUT2D eigenvalue weighted by atomic mass is 10.0. The number of carbonyl (C=O) groups excluding carboxylic acids is 1. The minimum absolute atomic E-state index is 0.0219. The lowest BCUT2D eigenvalue weighted by Gasteiger charge is -2.23. The van der Waals surface area contributed by atoms with E-state index in [1.807, 2.05) is 43.4 Å². The molecule has 0 radical (unpaired) electrons. The van der Waals surface area contributed by atoms with E-state index < -0.39 is 0 Å². The van der Waals surface area contributed by atoms with Crippen LogP contribution in [0.15, 0.2) is 30.5 Å². The van der Waals surface area contributed by atoms with Gasteiger partial charge in [-0.25, -0.2) is 0 Å². The SMILES string of the molecule is COC(=O)CC(c1c[nH]c2ccccc12)N(C)C. The summed E-state index contributed by atoms with van der Waals surface area (Å²) in [4.78, 5) is 16.8. The van der Waals surface area contributed by atoms with Gasteiger partial charge in [-0.1, -0.05) is 18.2 Å². The van der Waals surface area contributed by atoms with Crippen molar-refractivity contribution >= 4 is 16.9 Å². The molecule has 1 unspecified atom stereocenters. The minimum atomic E-state index is -0.195. The van der Waals surface area contributed by atoms with Crippen LogP contribution in [0.1, 0.15) is 18.0 Å². The number of fused-ring (bicyclic) bond motifs is 1. The van der Waals surface area contributed by atoms with Crippen molar-refractivity contribution < 1.29 is 9.53 Å². The lowest BCUT2D eigenvalue weighted by Crippen LogP contribution is -2.23. The molecule has 0 spiro atoms. The number of nitrogens with zero attached hydrogens (tertiary/aromatic N) is 1. The summed E-state index contributed by atoms with van der Waals surface area (Å²) in [5.41, 5.74) is 2.21. The van der Waals surface area contributed by atoms with Gasteiger partial charge in [-0.15, -0.1) is 0 Å². The van der Waals surface area contributed by atoms with Crippen LogP contribution in [0.25, 0.3) is 10.9 Å². The summed E-state index contributed by atoms with van der Waals surface area (Å²) in [7, 11) is 5.36. The number of hydrogen-bond acceptors (Lipinski definition) is 3. The van der Waals surface area contributed by atoms with Crippen LogP contribution >= 0.6 is 0 Å². The van der Waals surface area contributed by atoms with E-state index in [0.717, 1.165) is 16.5 Å². The average molecular weight is 246 g/mol. The third-order valence-electron chi connectivity index (χ3n) is 3.19. The van der Waals surface area contributed by atoms with Crippen molar-refractivity contribution in [1.29, 1.82) is 0 Å². The molecule has 0 saturated carbocycles. The van der Waals surface area contributed by atoms with Crippen LogP contribution in [-0.4, -0.2) is 37.1 Å². The van der Waals surface area contributed by atoms with Crippen LogP contribution in [0.4, 0.5) is 0 Å². The number of nitrogens with one attached hydrogen (secondary N) is 1. The number of H-pyrrole nitrogens is 1. The van der Waals surface area contributed by atoms with Gasteiger partial charge in [0.1, 0.15) is 0 Å². The smallest absolute Gasteiger partial charge is 0.307 e. The van der Waals surface area contributed by atoms with E-state index in [9.17, 15) is 4.79 Å². The Bertz CT molecular complexity index is 545. The molecular weight excluding hydrogens is 228 g/mol. The Hall–Kier alpha value is -1.81. The number of carbonyl (C=O) groups is 1. The van der Waals surface area contributed by atoms with Crippen molar-refractivity contribution in [3.8, 4) is 0 Å². The first kappa shape index (κ1) is 12.6. The zero-order valence-electron chi connectivity index (χ0n) is 10.9. The number of methoxy groups -OCH3 is 1. The summed E-state index contributed by atoms with van der Waals surface area (Å²) >= 11 is 0. The Labute approximate surface area is 107 Å². The molecule has 1 heterocycles. The largest absolute Gasteiger partial charge is 0.469 e. The summed E-state index contributed by atoms with van der Waals surface area (Å²) in [6.45, 7) is 0. The van der Waals surface area contributed by atoms with Crippen LogP contribution in [0.3, 0.4) is 0 Å². The van der Waals surface area contributed by atoms with E-state index >= 15 is 0 Å². The first-order valence-electron chi connectivity index (χ1n) is 5.92. The Kier molecular flexibility index (Phi) is 3.67. The van der Waals surface area contributed by atoms with Gasteiger partial charge in [0.05, 0.1) is 13.5 Å². The van der Waals surface area contributed by atoms with Gasteiger partial charge < -0.3 is 14.6 Å². The fourth-order valence-corrected chi connectivity index (χ4v) is 2.18. The molecule has 1 aromatic heterocycles. The van der Waals surface area contributed by atoms with Crippen molar-refractivity contribution in [2.24, 2.45) is 0 Å². The van der Waals surface area contributed by atoms with Gasteiger partial charge in [0, 0.05) is 23.1 Å². The third kappa shape index (κ3) is 2.38. The fraction of sp³-hybridized carbons (Fsp3) is 0.357. The van der Waals surface area contributed by atoms with E-state index in [4.69, 9.17) is 4.74 Å². The topological polar surface area (TPSA) is 45.3 Å². The fourth-order valence-electron chi connectivity index (χ4n) is 2.18. The number of aromatic amines is 1. The number of aromatic nitrogens is 1. The minimum Gasteiger partial charge on any atom is -0.469 e. The molecule has 4 nitrogen and oxygen atoms in total. The Morgan fingerprint density at radius 1 is 1.39 bits per heavy atom. The summed E-state index contributed by atoms with van der Waals surface area (Å²) in [6, 6.07) is 8.12. The summed E-state index contributed by atoms with van der Waals surface area (Å²) in [6.07, 6.45) is 2.32. The van der Waals surface area contributed by atoms with Crippen molar-refractivity contribution in [2.75, 3.05) is 21.2 Å². The molecule has 18 heavy (non-hydrogen) atoms. The molecule has 0 aliphatic rings. The zero-order chi connectivity index (χ0) is 13.1. The van der Waals surface area contributed by atoms with Gasteiger partial charge in [-0.3, -0.25) is 4.79 Å². The normalized spacial score (nSPS) is 12.9. The second-order valence-electron chi connectivity index (χ2n) is 4.55. The number of para-hydroxylation sites is 1. The van der Waals surface area contributed by atoms with Gasteiger partial charge in [-0.05, 0) is 25.7 Å². The van der Waals surface area contributed by atoms with E-state index in [1.54, 1.807) is 0 Å². The van der Waals surface area contributed by atoms with Crippen molar-refractivity contribution in [1.82, 2.24) is 9.88 Å². The van der Waals surface area contributed by atoms with Gasteiger partial charge in [0.15, 0.2) is 0 Å². The number of rotatable bonds is 4. The molecule has 2 aromatic rings. The highest BCUT2D eigenvalue weighted by molar-refractivity contribution is 5.84.